The average Bonchev–Trinajstić information content (AvgIpc) is 2.97. The Kier molecular flexibility index (Phi) is 4.80. The first-order chi connectivity index (χ1) is 11.1. The average molecular weight is 411 g/mol. The van der Waals surface area contributed by atoms with Crippen molar-refractivity contribution in [1.29, 1.82) is 0 Å². The van der Waals surface area contributed by atoms with Crippen LogP contribution in [0.15, 0.2) is 57.7 Å². The molecular formula is C17H10BrClFNOS. The summed E-state index contributed by atoms with van der Waals surface area (Å²) in [7, 11) is 0. The van der Waals surface area contributed by atoms with Crippen LogP contribution in [-0.4, -0.2) is 5.91 Å². The summed E-state index contributed by atoms with van der Waals surface area (Å²) >= 11 is 10.5. The first kappa shape index (κ1) is 16.2. The molecule has 1 N–H and O–H groups in total. The fourth-order valence-electron chi connectivity index (χ4n) is 2.15. The molecule has 0 bridgehead atoms. The molecule has 116 valence electrons. The Bertz CT molecular complexity index is 881. The first-order valence-electron chi connectivity index (χ1n) is 6.65. The van der Waals surface area contributed by atoms with Crippen molar-refractivity contribution in [2.45, 2.75) is 0 Å². The van der Waals surface area contributed by atoms with E-state index in [2.05, 4.69) is 21.2 Å². The molecule has 1 amide bonds. The third kappa shape index (κ3) is 3.47. The number of carbonyl (C=O) groups is 1. The summed E-state index contributed by atoms with van der Waals surface area (Å²) in [6.07, 6.45) is 0. The van der Waals surface area contributed by atoms with E-state index in [1.807, 2.05) is 23.6 Å². The maximum Gasteiger partial charge on any atom is 0.257 e. The Morgan fingerprint density at radius 3 is 2.65 bits per heavy atom. The van der Waals surface area contributed by atoms with Gasteiger partial charge in [-0.1, -0.05) is 35.9 Å². The maximum atomic E-state index is 13.7. The van der Waals surface area contributed by atoms with Gasteiger partial charge in [-0.2, -0.15) is 0 Å². The zero-order chi connectivity index (χ0) is 16.4. The molecule has 0 aliphatic heterocycles. The number of halogens is 3. The van der Waals surface area contributed by atoms with Crippen LogP contribution in [0.4, 0.5) is 10.1 Å². The van der Waals surface area contributed by atoms with E-state index < -0.39 is 5.82 Å². The predicted octanol–water partition coefficient (Wildman–Crippen LogP) is 6.22. The fraction of sp³-hybridized carbons (Fsp3) is 0. The highest BCUT2D eigenvalue weighted by molar-refractivity contribution is 9.11. The van der Waals surface area contributed by atoms with Crippen LogP contribution in [-0.2, 0) is 0 Å². The molecular weight excluding hydrogens is 401 g/mol. The number of hydrogen-bond donors (Lipinski definition) is 1. The summed E-state index contributed by atoms with van der Waals surface area (Å²) in [5, 5.41) is 4.77. The lowest BCUT2D eigenvalue weighted by Crippen LogP contribution is -2.12. The van der Waals surface area contributed by atoms with Crippen LogP contribution < -0.4 is 5.32 Å². The molecule has 23 heavy (non-hydrogen) atoms. The third-order valence-corrected chi connectivity index (χ3v) is 5.26. The van der Waals surface area contributed by atoms with Gasteiger partial charge in [-0.3, -0.25) is 4.79 Å². The number of hydrogen-bond acceptors (Lipinski definition) is 2. The number of nitrogens with one attached hydrogen (secondary N) is 1. The van der Waals surface area contributed by atoms with E-state index in [9.17, 15) is 9.18 Å². The van der Waals surface area contributed by atoms with Gasteiger partial charge >= 0.3 is 0 Å². The van der Waals surface area contributed by atoms with Crippen LogP contribution in [0.25, 0.3) is 11.1 Å². The Labute approximate surface area is 150 Å². The van der Waals surface area contributed by atoms with E-state index in [1.165, 1.54) is 23.5 Å². The van der Waals surface area contributed by atoms with Gasteiger partial charge in [0.15, 0.2) is 0 Å². The quantitative estimate of drug-likeness (QED) is 0.545. The van der Waals surface area contributed by atoms with Crippen molar-refractivity contribution in [1.82, 2.24) is 0 Å². The standard InChI is InChI=1S/C17H10BrClFNOS/c18-16-12(7-8-23-16)17(22)21-15-4-2-1-3-11(15)10-5-6-13(19)14(20)9-10/h1-9H,(H,21,22). The van der Waals surface area contributed by atoms with Crippen LogP contribution in [0.1, 0.15) is 10.4 Å². The van der Waals surface area contributed by atoms with Crippen LogP contribution in [0.5, 0.6) is 0 Å². The second-order valence-electron chi connectivity index (χ2n) is 4.74. The molecule has 1 heterocycles. The van der Waals surface area contributed by atoms with Gasteiger partial charge in [0, 0.05) is 11.3 Å². The molecule has 0 aliphatic carbocycles. The summed E-state index contributed by atoms with van der Waals surface area (Å²) < 4.78 is 14.5. The summed E-state index contributed by atoms with van der Waals surface area (Å²) in [6.45, 7) is 0. The summed E-state index contributed by atoms with van der Waals surface area (Å²) in [6, 6.07) is 13.6. The van der Waals surface area contributed by atoms with Crippen LogP contribution in [0.2, 0.25) is 5.02 Å². The van der Waals surface area contributed by atoms with E-state index in [1.54, 1.807) is 18.2 Å². The molecule has 0 saturated carbocycles. The molecule has 3 aromatic rings. The number of thiophene rings is 1. The molecule has 6 heteroatoms. The lowest BCUT2D eigenvalue weighted by molar-refractivity contribution is 0.102. The zero-order valence-electron chi connectivity index (χ0n) is 11.6. The predicted molar refractivity (Wildman–Crippen MR) is 96.8 cm³/mol. The molecule has 0 radical (unpaired) electrons. The molecule has 0 saturated heterocycles. The summed E-state index contributed by atoms with van der Waals surface area (Å²) in [5.74, 6) is -0.717. The lowest BCUT2D eigenvalue weighted by Gasteiger charge is -2.11. The lowest BCUT2D eigenvalue weighted by atomic mass is 10.0. The van der Waals surface area contributed by atoms with Gasteiger partial charge in [-0.25, -0.2) is 4.39 Å². The Balaban J connectivity index is 1.96. The van der Waals surface area contributed by atoms with Crippen LogP contribution >= 0.6 is 38.9 Å². The minimum absolute atomic E-state index is 0.0671. The Morgan fingerprint density at radius 1 is 1.17 bits per heavy atom. The second kappa shape index (κ2) is 6.83. The van der Waals surface area contributed by atoms with E-state index >= 15 is 0 Å². The highest BCUT2D eigenvalue weighted by Crippen LogP contribution is 2.31. The molecule has 0 atom stereocenters. The fourth-order valence-corrected chi connectivity index (χ4v) is 3.52. The molecule has 0 aliphatic rings. The number of anilines is 1. The topological polar surface area (TPSA) is 29.1 Å². The monoisotopic (exact) mass is 409 g/mol. The van der Waals surface area contributed by atoms with Gasteiger partial charge in [0.05, 0.1) is 14.4 Å². The van der Waals surface area contributed by atoms with E-state index in [0.717, 1.165) is 9.35 Å². The van der Waals surface area contributed by atoms with Gasteiger partial charge in [-0.15, -0.1) is 11.3 Å². The van der Waals surface area contributed by atoms with E-state index in [0.29, 0.717) is 16.8 Å². The molecule has 3 rings (SSSR count). The number of carbonyl (C=O) groups excluding carboxylic acids is 1. The zero-order valence-corrected chi connectivity index (χ0v) is 14.8. The van der Waals surface area contributed by atoms with E-state index in [-0.39, 0.29) is 10.9 Å². The number of benzene rings is 2. The highest BCUT2D eigenvalue weighted by Gasteiger charge is 2.14. The molecule has 2 nitrogen and oxygen atoms in total. The van der Waals surface area contributed by atoms with Gasteiger partial charge in [0.1, 0.15) is 5.82 Å². The second-order valence-corrected chi connectivity index (χ2v) is 7.38. The number of amides is 1. The van der Waals surface area contributed by atoms with Crippen molar-refractivity contribution in [3.63, 3.8) is 0 Å². The van der Waals surface area contributed by atoms with Crippen molar-refractivity contribution in [2.24, 2.45) is 0 Å². The normalized spacial score (nSPS) is 10.6. The summed E-state index contributed by atoms with van der Waals surface area (Å²) in [5.41, 5.74) is 2.54. The summed E-state index contributed by atoms with van der Waals surface area (Å²) in [4.78, 5) is 12.4. The van der Waals surface area contributed by atoms with Crippen molar-refractivity contribution >= 4 is 50.5 Å². The highest BCUT2D eigenvalue weighted by atomic mass is 79.9. The largest absolute Gasteiger partial charge is 0.321 e. The molecule has 0 fully saturated rings. The maximum absolute atomic E-state index is 13.7. The van der Waals surface area contributed by atoms with E-state index in [4.69, 9.17) is 11.6 Å². The molecule has 2 aromatic carbocycles. The Hall–Kier alpha value is -1.69. The van der Waals surface area contributed by atoms with Gasteiger partial charge in [0.2, 0.25) is 0 Å². The first-order valence-corrected chi connectivity index (χ1v) is 8.70. The number of rotatable bonds is 3. The van der Waals surface area contributed by atoms with Crippen LogP contribution in [0.3, 0.4) is 0 Å². The minimum Gasteiger partial charge on any atom is -0.321 e. The van der Waals surface area contributed by atoms with Crippen molar-refractivity contribution in [3.8, 4) is 11.1 Å². The molecule has 0 spiro atoms. The smallest absolute Gasteiger partial charge is 0.257 e. The van der Waals surface area contributed by atoms with Gasteiger partial charge in [-0.05, 0) is 51.1 Å². The molecule has 0 unspecified atom stereocenters. The van der Waals surface area contributed by atoms with Crippen LogP contribution in [0, 0.1) is 5.82 Å². The van der Waals surface area contributed by atoms with Gasteiger partial charge in [0.25, 0.3) is 5.91 Å². The van der Waals surface area contributed by atoms with Crippen molar-refractivity contribution < 1.29 is 9.18 Å². The minimum atomic E-state index is -0.495. The van der Waals surface area contributed by atoms with Crippen molar-refractivity contribution in [3.05, 3.63) is 74.1 Å². The Morgan fingerprint density at radius 2 is 1.96 bits per heavy atom. The number of para-hydroxylation sites is 1. The molecule has 1 aromatic heterocycles. The third-order valence-electron chi connectivity index (χ3n) is 3.27. The van der Waals surface area contributed by atoms with Crippen molar-refractivity contribution in [2.75, 3.05) is 5.32 Å². The van der Waals surface area contributed by atoms with Gasteiger partial charge < -0.3 is 5.32 Å². The SMILES string of the molecule is O=C(Nc1ccccc1-c1ccc(Cl)c(F)c1)c1ccsc1Br.